The van der Waals surface area contributed by atoms with Gasteiger partial charge < -0.3 is 10.5 Å². The van der Waals surface area contributed by atoms with Gasteiger partial charge in [-0.25, -0.2) is 8.42 Å². The molecule has 0 spiro atoms. The first-order chi connectivity index (χ1) is 9.40. The molecule has 0 aromatic heterocycles. The monoisotopic (exact) mass is 297 g/mol. The van der Waals surface area contributed by atoms with Crippen LogP contribution in [0, 0.1) is 0 Å². The molecule has 0 bridgehead atoms. The van der Waals surface area contributed by atoms with Crippen LogP contribution < -0.4 is 10.5 Å². The van der Waals surface area contributed by atoms with Crippen molar-refractivity contribution in [2.75, 3.05) is 5.75 Å². The van der Waals surface area contributed by atoms with Crippen LogP contribution in [0.4, 0.5) is 0 Å². The van der Waals surface area contributed by atoms with Gasteiger partial charge in [0.05, 0.1) is 17.1 Å². The Kier molecular flexibility index (Phi) is 4.70. The van der Waals surface area contributed by atoms with Crippen molar-refractivity contribution < 1.29 is 13.2 Å². The Hall–Kier alpha value is -1.07. The first-order valence-electron chi connectivity index (χ1n) is 7.14. The average molecular weight is 297 g/mol. The van der Waals surface area contributed by atoms with E-state index in [1.165, 1.54) is 0 Å². The van der Waals surface area contributed by atoms with Crippen molar-refractivity contribution in [2.24, 2.45) is 5.73 Å². The van der Waals surface area contributed by atoms with Gasteiger partial charge >= 0.3 is 0 Å². The lowest BCUT2D eigenvalue weighted by Crippen LogP contribution is -2.37. The highest BCUT2D eigenvalue weighted by Gasteiger charge is 2.34. The summed E-state index contributed by atoms with van der Waals surface area (Å²) in [6.45, 7) is 3.91. The first-order valence-corrected chi connectivity index (χ1v) is 8.85. The van der Waals surface area contributed by atoms with E-state index in [1.54, 1.807) is 0 Å². The summed E-state index contributed by atoms with van der Waals surface area (Å²) < 4.78 is 29.9. The van der Waals surface area contributed by atoms with Gasteiger partial charge in [0.1, 0.15) is 5.75 Å². The molecule has 5 heteroatoms. The number of benzene rings is 1. The number of ether oxygens (including phenoxy) is 1. The van der Waals surface area contributed by atoms with Crippen LogP contribution in [-0.4, -0.2) is 25.5 Å². The maximum Gasteiger partial charge on any atom is 0.155 e. The van der Waals surface area contributed by atoms with Crippen LogP contribution in [-0.2, 0) is 9.84 Å². The summed E-state index contributed by atoms with van der Waals surface area (Å²) in [4.78, 5) is 0. The molecular formula is C15H23NO3S. The molecule has 1 aliphatic rings. The van der Waals surface area contributed by atoms with Gasteiger partial charge in [0, 0.05) is 6.04 Å². The summed E-state index contributed by atoms with van der Waals surface area (Å²) in [5, 5.41) is -0.467. The molecule has 0 saturated carbocycles. The molecule has 2 N–H and O–H groups in total. The van der Waals surface area contributed by atoms with Crippen LogP contribution in [0.1, 0.15) is 44.7 Å². The van der Waals surface area contributed by atoms with Crippen molar-refractivity contribution in [3.05, 3.63) is 29.8 Å². The number of hydrogen-bond donors (Lipinski definition) is 1. The minimum Gasteiger partial charge on any atom is -0.491 e. The highest BCUT2D eigenvalue weighted by atomic mass is 32.2. The van der Waals surface area contributed by atoms with Crippen molar-refractivity contribution in [2.45, 2.75) is 50.5 Å². The van der Waals surface area contributed by atoms with Crippen LogP contribution in [0.25, 0.3) is 0 Å². The van der Waals surface area contributed by atoms with E-state index in [4.69, 9.17) is 10.5 Å². The van der Waals surface area contributed by atoms with E-state index in [2.05, 4.69) is 0 Å². The van der Waals surface area contributed by atoms with Gasteiger partial charge in [0.15, 0.2) is 9.84 Å². The van der Waals surface area contributed by atoms with Crippen LogP contribution in [0.2, 0.25) is 0 Å². The molecule has 1 aromatic carbocycles. The maximum absolute atomic E-state index is 12.1. The first kappa shape index (κ1) is 15.3. The molecule has 2 rings (SSSR count). The Balaban J connectivity index is 2.22. The summed E-state index contributed by atoms with van der Waals surface area (Å²) in [5.74, 6) is 0.995. The van der Waals surface area contributed by atoms with Gasteiger partial charge in [0.2, 0.25) is 0 Å². The van der Waals surface area contributed by atoms with Crippen LogP contribution in [0.15, 0.2) is 24.3 Å². The van der Waals surface area contributed by atoms with E-state index in [-0.39, 0.29) is 11.9 Å². The smallest absolute Gasteiger partial charge is 0.155 e. The zero-order valence-electron chi connectivity index (χ0n) is 12.1. The molecule has 1 fully saturated rings. The van der Waals surface area contributed by atoms with Crippen molar-refractivity contribution >= 4 is 9.84 Å². The van der Waals surface area contributed by atoms with Crippen molar-refractivity contribution in [3.63, 3.8) is 0 Å². The van der Waals surface area contributed by atoms with Gasteiger partial charge in [-0.3, -0.25) is 0 Å². The molecule has 20 heavy (non-hydrogen) atoms. The quantitative estimate of drug-likeness (QED) is 0.926. The van der Waals surface area contributed by atoms with Gasteiger partial charge in [-0.05, 0) is 44.4 Å². The second kappa shape index (κ2) is 6.14. The van der Waals surface area contributed by atoms with Crippen molar-refractivity contribution in [3.8, 4) is 5.75 Å². The molecule has 2 unspecified atom stereocenters. The third-order valence-electron chi connectivity index (χ3n) is 3.64. The lowest BCUT2D eigenvalue weighted by molar-refractivity contribution is 0.242. The number of sulfone groups is 1. The van der Waals surface area contributed by atoms with E-state index < -0.39 is 21.1 Å². The van der Waals surface area contributed by atoms with E-state index in [9.17, 15) is 8.42 Å². The molecule has 0 radical (unpaired) electrons. The standard InChI is InChI=1S/C15H23NO3S/c1-11(2)19-13-7-5-6-12(10-13)15(16)14-8-3-4-9-20(14,17)18/h5-7,10-11,14-15H,3-4,8-9,16H2,1-2H3. The van der Waals surface area contributed by atoms with Crippen molar-refractivity contribution in [1.82, 2.24) is 0 Å². The molecular weight excluding hydrogens is 274 g/mol. The molecule has 1 heterocycles. The lowest BCUT2D eigenvalue weighted by atomic mass is 10.00. The predicted molar refractivity (Wildman–Crippen MR) is 80.6 cm³/mol. The third kappa shape index (κ3) is 3.52. The molecule has 1 saturated heterocycles. The molecule has 0 aliphatic carbocycles. The highest BCUT2D eigenvalue weighted by Crippen LogP contribution is 2.30. The second-order valence-corrected chi connectivity index (χ2v) is 8.01. The number of rotatable bonds is 4. The highest BCUT2D eigenvalue weighted by molar-refractivity contribution is 7.92. The fourth-order valence-electron chi connectivity index (χ4n) is 2.66. The normalized spacial score (nSPS) is 23.5. The zero-order valence-corrected chi connectivity index (χ0v) is 12.9. The molecule has 0 amide bonds. The van der Waals surface area contributed by atoms with Gasteiger partial charge in [0.25, 0.3) is 0 Å². The number of nitrogens with two attached hydrogens (primary N) is 1. The summed E-state index contributed by atoms with van der Waals surface area (Å²) in [7, 11) is -3.07. The Morgan fingerprint density at radius 1 is 1.30 bits per heavy atom. The summed E-state index contributed by atoms with van der Waals surface area (Å²) >= 11 is 0. The van der Waals surface area contributed by atoms with Crippen LogP contribution >= 0.6 is 0 Å². The summed E-state index contributed by atoms with van der Waals surface area (Å²) in [5.41, 5.74) is 7.04. The zero-order chi connectivity index (χ0) is 14.8. The Bertz CT molecular complexity index is 554. The minimum atomic E-state index is -3.07. The Morgan fingerprint density at radius 3 is 2.70 bits per heavy atom. The molecule has 2 atom stereocenters. The SMILES string of the molecule is CC(C)Oc1cccc(C(N)C2CCCCS2(=O)=O)c1. The van der Waals surface area contributed by atoms with Gasteiger partial charge in [-0.15, -0.1) is 0 Å². The molecule has 112 valence electrons. The Morgan fingerprint density at radius 2 is 2.05 bits per heavy atom. The average Bonchev–Trinajstić information content (AvgIpc) is 2.37. The fraction of sp³-hybridized carbons (Fsp3) is 0.600. The molecule has 1 aromatic rings. The van der Waals surface area contributed by atoms with Gasteiger partial charge in [-0.1, -0.05) is 18.6 Å². The van der Waals surface area contributed by atoms with Crippen molar-refractivity contribution in [1.29, 1.82) is 0 Å². The Labute approximate surface area is 121 Å². The maximum atomic E-state index is 12.1. The van der Waals surface area contributed by atoms with E-state index in [0.29, 0.717) is 6.42 Å². The third-order valence-corrected chi connectivity index (χ3v) is 5.95. The van der Waals surface area contributed by atoms with E-state index in [0.717, 1.165) is 24.2 Å². The summed E-state index contributed by atoms with van der Waals surface area (Å²) in [6.07, 6.45) is 2.42. The van der Waals surface area contributed by atoms with Crippen LogP contribution in [0.3, 0.4) is 0 Å². The lowest BCUT2D eigenvalue weighted by Gasteiger charge is -2.28. The number of hydrogen-bond acceptors (Lipinski definition) is 4. The van der Waals surface area contributed by atoms with Crippen LogP contribution in [0.5, 0.6) is 5.75 Å². The topological polar surface area (TPSA) is 69.4 Å². The molecule has 1 aliphatic heterocycles. The predicted octanol–water partition coefficient (Wildman–Crippen LogP) is 2.44. The second-order valence-electron chi connectivity index (χ2n) is 5.67. The minimum absolute atomic E-state index is 0.0832. The van der Waals surface area contributed by atoms with E-state index >= 15 is 0 Å². The van der Waals surface area contributed by atoms with E-state index in [1.807, 2.05) is 38.1 Å². The largest absolute Gasteiger partial charge is 0.491 e. The van der Waals surface area contributed by atoms with Gasteiger partial charge in [-0.2, -0.15) is 0 Å². The molecule has 4 nitrogen and oxygen atoms in total. The fourth-order valence-corrected chi connectivity index (χ4v) is 4.70. The summed E-state index contributed by atoms with van der Waals surface area (Å²) in [6, 6.07) is 6.99.